The van der Waals surface area contributed by atoms with Crippen molar-refractivity contribution < 1.29 is 14.2 Å². The summed E-state index contributed by atoms with van der Waals surface area (Å²) in [4.78, 5) is 21.3. The average molecular weight is 454 g/mol. The number of fused-ring (bicyclic) bond motifs is 5. The smallest absolute Gasteiger partial charge is 0.228 e. The molecule has 5 bridgehead atoms. The van der Waals surface area contributed by atoms with Gasteiger partial charge in [0.25, 0.3) is 0 Å². The fraction of sp³-hybridized carbons (Fsp3) is 0.200. The van der Waals surface area contributed by atoms with E-state index >= 15 is 0 Å². The van der Waals surface area contributed by atoms with Crippen LogP contribution in [0.25, 0.3) is 33.1 Å². The number of anilines is 1. The van der Waals surface area contributed by atoms with Crippen LogP contribution in [0.4, 0.5) is 5.95 Å². The second kappa shape index (κ2) is 8.18. The molecule has 1 aromatic carbocycles. The van der Waals surface area contributed by atoms with Crippen LogP contribution in [0.3, 0.4) is 0 Å². The lowest BCUT2D eigenvalue weighted by Crippen LogP contribution is -2.21. The van der Waals surface area contributed by atoms with Crippen LogP contribution >= 0.6 is 0 Å². The van der Waals surface area contributed by atoms with Gasteiger partial charge in [0, 0.05) is 36.0 Å². The Hall–Kier alpha value is -4.40. The zero-order valence-corrected chi connectivity index (χ0v) is 18.7. The molecule has 9 nitrogen and oxygen atoms in total. The molecule has 0 aliphatic carbocycles. The van der Waals surface area contributed by atoms with Gasteiger partial charge in [-0.05, 0) is 36.8 Å². The molecule has 0 unspecified atom stereocenters. The van der Waals surface area contributed by atoms with E-state index in [-0.39, 0.29) is 12.7 Å². The highest BCUT2D eigenvalue weighted by Crippen LogP contribution is 2.36. The summed E-state index contributed by atoms with van der Waals surface area (Å²) in [6.07, 6.45) is 6.91. The minimum atomic E-state index is -0.179. The maximum Gasteiger partial charge on any atom is 0.228 e. The van der Waals surface area contributed by atoms with Crippen molar-refractivity contribution in [2.24, 2.45) is 0 Å². The molecule has 34 heavy (non-hydrogen) atoms. The van der Waals surface area contributed by atoms with Gasteiger partial charge in [-0.2, -0.15) is 9.97 Å². The van der Waals surface area contributed by atoms with Crippen molar-refractivity contribution in [2.75, 3.05) is 19.0 Å². The topological polar surface area (TPSA) is 107 Å². The molecular weight excluding hydrogens is 432 g/mol. The molecule has 1 atom stereocenters. The molecule has 0 radical (unpaired) electrons. The van der Waals surface area contributed by atoms with Gasteiger partial charge >= 0.3 is 0 Å². The fourth-order valence-electron chi connectivity index (χ4n) is 4.04. The second-order valence-corrected chi connectivity index (χ2v) is 8.16. The predicted octanol–water partition coefficient (Wildman–Crippen LogP) is 4.35. The zero-order chi connectivity index (χ0) is 23.1. The molecule has 6 rings (SSSR count). The van der Waals surface area contributed by atoms with Gasteiger partial charge in [-0.25, -0.2) is 0 Å². The summed E-state index contributed by atoms with van der Waals surface area (Å²) in [5.41, 5.74) is 4.36. The number of H-pyrrole nitrogens is 1. The van der Waals surface area contributed by atoms with E-state index < -0.39 is 0 Å². The quantitative estimate of drug-likeness (QED) is 0.385. The predicted molar refractivity (Wildman–Crippen MR) is 128 cm³/mol. The number of hydrogen-bond donors (Lipinski definition) is 2. The first kappa shape index (κ1) is 20.2. The SMILES string of the molecule is CNc1nc2c3c(c[nH]c3n1)-c1ccc3ncc(cc3c1)O[C@@H](C)COc1cncc(c1)CO2. The van der Waals surface area contributed by atoms with E-state index in [2.05, 4.69) is 36.3 Å². The molecular formula is C25H22N6O3. The van der Waals surface area contributed by atoms with E-state index in [9.17, 15) is 0 Å². The van der Waals surface area contributed by atoms with Gasteiger partial charge < -0.3 is 24.5 Å². The fourth-order valence-corrected chi connectivity index (χ4v) is 4.04. The molecule has 0 spiro atoms. The molecule has 9 heteroatoms. The first-order chi connectivity index (χ1) is 16.7. The number of nitrogens with zero attached hydrogens (tertiary/aromatic N) is 4. The van der Waals surface area contributed by atoms with Crippen molar-refractivity contribution in [3.05, 3.63) is 60.7 Å². The third-order valence-corrected chi connectivity index (χ3v) is 5.66. The molecule has 5 aromatic rings. The standard InChI is InChI=1S/C25H22N6O3/c1-14-12-32-18-5-15(8-27-9-18)13-33-24-22-20(11-29-23(22)30-25(26-2)31-24)16-3-4-21-17(6-16)7-19(34-14)10-28-21/h3-11,14H,12-13H2,1-2H3,(H2,26,29,30,31)/t14-/m0/s1. The Morgan fingerprint density at radius 1 is 1.03 bits per heavy atom. The number of nitrogens with one attached hydrogen (secondary N) is 2. The van der Waals surface area contributed by atoms with Gasteiger partial charge in [-0.1, -0.05) is 6.07 Å². The summed E-state index contributed by atoms with van der Waals surface area (Å²) in [6.45, 7) is 2.60. The molecule has 2 N–H and O–H groups in total. The van der Waals surface area contributed by atoms with Crippen LogP contribution in [0.15, 0.2) is 55.1 Å². The number of aromatic amines is 1. The Morgan fingerprint density at radius 2 is 1.97 bits per heavy atom. The highest BCUT2D eigenvalue weighted by atomic mass is 16.5. The molecule has 1 aliphatic rings. The summed E-state index contributed by atoms with van der Waals surface area (Å²) in [6, 6.07) is 10.0. The van der Waals surface area contributed by atoms with Gasteiger partial charge in [0.05, 0.1) is 23.3 Å². The van der Waals surface area contributed by atoms with Crippen molar-refractivity contribution in [3.8, 4) is 28.5 Å². The summed E-state index contributed by atoms with van der Waals surface area (Å²) in [5, 5.41) is 4.77. The third-order valence-electron chi connectivity index (χ3n) is 5.66. The van der Waals surface area contributed by atoms with Gasteiger partial charge in [-0.15, -0.1) is 0 Å². The Morgan fingerprint density at radius 3 is 2.88 bits per heavy atom. The van der Waals surface area contributed by atoms with Crippen LogP contribution in [-0.2, 0) is 6.61 Å². The highest BCUT2D eigenvalue weighted by Gasteiger charge is 2.17. The number of benzene rings is 1. The van der Waals surface area contributed by atoms with Crippen LogP contribution in [0.2, 0.25) is 0 Å². The van der Waals surface area contributed by atoms with E-state index in [1.165, 1.54) is 0 Å². The Labute approximate surface area is 195 Å². The number of rotatable bonds is 1. The Bertz CT molecular complexity index is 1520. The molecule has 0 saturated heterocycles. The maximum atomic E-state index is 6.20. The van der Waals surface area contributed by atoms with Crippen molar-refractivity contribution in [1.29, 1.82) is 0 Å². The van der Waals surface area contributed by atoms with Crippen molar-refractivity contribution in [1.82, 2.24) is 24.9 Å². The van der Waals surface area contributed by atoms with Crippen LogP contribution in [0.1, 0.15) is 12.5 Å². The first-order valence-electron chi connectivity index (χ1n) is 11.0. The van der Waals surface area contributed by atoms with Gasteiger partial charge in [0.2, 0.25) is 11.8 Å². The van der Waals surface area contributed by atoms with Crippen LogP contribution in [0, 0.1) is 0 Å². The van der Waals surface area contributed by atoms with E-state index in [1.807, 2.05) is 37.4 Å². The lowest BCUT2D eigenvalue weighted by Gasteiger charge is -2.16. The van der Waals surface area contributed by atoms with Gasteiger partial charge in [0.1, 0.15) is 36.5 Å². The lowest BCUT2D eigenvalue weighted by atomic mass is 10.0. The molecule has 0 saturated carbocycles. The number of hydrogen-bond acceptors (Lipinski definition) is 8. The highest BCUT2D eigenvalue weighted by molar-refractivity contribution is 5.99. The average Bonchev–Trinajstić information content (AvgIpc) is 3.29. The van der Waals surface area contributed by atoms with Crippen LogP contribution in [-0.4, -0.2) is 44.7 Å². The molecule has 170 valence electrons. The molecule has 1 aliphatic heterocycles. The van der Waals surface area contributed by atoms with E-state index in [1.54, 1.807) is 25.6 Å². The molecule has 4 aromatic heterocycles. The molecule has 0 fully saturated rings. The Kier molecular flexibility index (Phi) is 4.87. The van der Waals surface area contributed by atoms with Crippen molar-refractivity contribution >= 4 is 27.9 Å². The van der Waals surface area contributed by atoms with E-state index in [4.69, 9.17) is 14.2 Å². The number of ether oxygens (including phenoxy) is 3. The minimum Gasteiger partial charge on any atom is -0.488 e. The van der Waals surface area contributed by atoms with E-state index in [0.29, 0.717) is 35.6 Å². The normalized spacial score (nSPS) is 15.5. The minimum absolute atomic E-state index is 0.179. The third kappa shape index (κ3) is 3.71. The zero-order valence-electron chi connectivity index (χ0n) is 18.7. The number of aromatic nitrogens is 5. The lowest BCUT2D eigenvalue weighted by molar-refractivity contribution is 0.142. The van der Waals surface area contributed by atoms with Gasteiger partial charge in [-0.3, -0.25) is 9.97 Å². The number of pyridine rings is 2. The monoisotopic (exact) mass is 454 g/mol. The largest absolute Gasteiger partial charge is 0.488 e. The van der Waals surface area contributed by atoms with Crippen LogP contribution < -0.4 is 19.5 Å². The van der Waals surface area contributed by atoms with Gasteiger partial charge in [0.15, 0.2) is 0 Å². The second-order valence-electron chi connectivity index (χ2n) is 8.16. The summed E-state index contributed by atoms with van der Waals surface area (Å²) < 4.78 is 18.2. The summed E-state index contributed by atoms with van der Waals surface area (Å²) in [5.74, 6) is 2.27. The first-order valence-corrected chi connectivity index (χ1v) is 11.0. The summed E-state index contributed by atoms with van der Waals surface area (Å²) >= 11 is 0. The molecule has 0 amide bonds. The Balaban J connectivity index is 1.54. The maximum absolute atomic E-state index is 6.20. The van der Waals surface area contributed by atoms with Crippen LogP contribution in [0.5, 0.6) is 17.4 Å². The summed E-state index contributed by atoms with van der Waals surface area (Å²) in [7, 11) is 1.78. The van der Waals surface area contributed by atoms with Crippen molar-refractivity contribution in [2.45, 2.75) is 19.6 Å². The molecule has 5 heterocycles. The van der Waals surface area contributed by atoms with Crippen molar-refractivity contribution in [3.63, 3.8) is 0 Å². The van der Waals surface area contributed by atoms with E-state index in [0.717, 1.165) is 33.0 Å².